The first-order valence-corrected chi connectivity index (χ1v) is 8.17. The molecule has 2 atom stereocenters. The topological polar surface area (TPSA) is 72.9 Å². The summed E-state index contributed by atoms with van der Waals surface area (Å²) in [5.74, 6) is 0. The van der Waals surface area contributed by atoms with Crippen molar-refractivity contribution in [1.82, 2.24) is 4.90 Å². The van der Waals surface area contributed by atoms with Crippen LogP contribution in [0.15, 0.2) is 0 Å². The van der Waals surface area contributed by atoms with Crippen LogP contribution in [0.2, 0.25) is 0 Å². The van der Waals surface area contributed by atoms with Crippen molar-refractivity contribution in [3.05, 3.63) is 0 Å². The molecule has 0 bridgehead atoms. The van der Waals surface area contributed by atoms with Crippen LogP contribution in [0.4, 0.5) is 4.79 Å². The van der Waals surface area contributed by atoms with Crippen LogP contribution >= 0.6 is 0 Å². The van der Waals surface area contributed by atoms with Gasteiger partial charge in [-0.25, -0.2) is 4.79 Å². The van der Waals surface area contributed by atoms with Crippen LogP contribution in [0.3, 0.4) is 0 Å². The maximum absolute atomic E-state index is 12.1. The fourth-order valence-electron chi connectivity index (χ4n) is 2.08. The minimum Gasteiger partial charge on any atom is -0.444 e. The number of likely N-dealkylation sites (tertiary alicyclic amines) is 1. The Hall–Kier alpha value is -0.820. The lowest BCUT2D eigenvalue weighted by Crippen LogP contribution is -2.45. The van der Waals surface area contributed by atoms with Gasteiger partial charge in [-0.3, -0.25) is 4.18 Å². The summed E-state index contributed by atoms with van der Waals surface area (Å²) in [4.78, 5) is 13.7. The summed E-state index contributed by atoms with van der Waals surface area (Å²) < 4.78 is 32.2. The second-order valence-electron chi connectivity index (χ2n) is 5.96. The van der Waals surface area contributed by atoms with Gasteiger partial charge in [0.2, 0.25) is 0 Å². The molecule has 19 heavy (non-hydrogen) atoms. The number of ether oxygens (including phenoxy) is 1. The minimum absolute atomic E-state index is 0.0115. The molecule has 0 saturated carbocycles. The van der Waals surface area contributed by atoms with E-state index in [9.17, 15) is 13.2 Å². The zero-order chi connectivity index (χ0) is 14.8. The van der Waals surface area contributed by atoms with Gasteiger partial charge >= 0.3 is 6.09 Å². The number of rotatable bonds is 3. The Bertz CT molecular complexity index is 426. The van der Waals surface area contributed by atoms with Crippen molar-refractivity contribution in [2.45, 2.75) is 58.2 Å². The highest BCUT2D eigenvalue weighted by Gasteiger charge is 2.37. The quantitative estimate of drug-likeness (QED) is 0.741. The Morgan fingerprint density at radius 1 is 1.32 bits per heavy atom. The van der Waals surface area contributed by atoms with E-state index in [1.54, 1.807) is 25.7 Å². The van der Waals surface area contributed by atoms with Crippen molar-refractivity contribution in [1.29, 1.82) is 0 Å². The first kappa shape index (κ1) is 16.2. The van der Waals surface area contributed by atoms with Crippen LogP contribution in [-0.4, -0.2) is 50.0 Å². The Balaban J connectivity index is 2.69. The molecule has 0 N–H and O–H groups in total. The standard InChI is InChI=1S/C12H23NO5S/c1-9-6-7-10(8-17-19(5,15)16)13(9)11(14)18-12(2,3)4/h9-10H,6-8H2,1-5H3/t9-,10-/m0/s1. The van der Waals surface area contributed by atoms with Gasteiger partial charge in [0.05, 0.1) is 18.9 Å². The number of carbonyl (C=O) groups is 1. The summed E-state index contributed by atoms with van der Waals surface area (Å²) in [5.41, 5.74) is -0.568. The van der Waals surface area contributed by atoms with Crippen molar-refractivity contribution in [3.8, 4) is 0 Å². The monoisotopic (exact) mass is 293 g/mol. The zero-order valence-electron chi connectivity index (χ0n) is 12.2. The van der Waals surface area contributed by atoms with Gasteiger partial charge in [-0.05, 0) is 40.5 Å². The fourth-order valence-corrected chi connectivity index (χ4v) is 2.49. The highest BCUT2D eigenvalue weighted by Crippen LogP contribution is 2.26. The molecule has 7 heteroatoms. The van der Waals surface area contributed by atoms with Crippen LogP contribution in [0.25, 0.3) is 0 Å². The van der Waals surface area contributed by atoms with Crippen molar-refractivity contribution in [2.24, 2.45) is 0 Å². The smallest absolute Gasteiger partial charge is 0.410 e. The SMILES string of the molecule is C[C@H]1CC[C@@H](COS(C)(=O)=O)N1C(=O)OC(C)(C)C. The van der Waals surface area contributed by atoms with E-state index in [4.69, 9.17) is 8.92 Å². The highest BCUT2D eigenvalue weighted by molar-refractivity contribution is 7.85. The second-order valence-corrected chi connectivity index (χ2v) is 7.60. The molecule has 1 rings (SSSR count). The lowest BCUT2D eigenvalue weighted by Gasteiger charge is -2.31. The van der Waals surface area contributed by atoms with E-state index < -0.39 is 21.8 Å². The molecular weight excluding hydrogens is 270 g/mol. The van der Waals surface area contributed by atoms with E-state index in [0.29, 0.717) is 0 Å². The molecule has 112 valence electrons. The van der Waals surface area contributed by atoms with Crippen molar-refractivity contribution < 1.29 is 22.1 Å². The molecule has 0 spiro atoms. The molecule has 0 aliphatic carbocycles. The molecule has 0 unspecified atom stereocenters. The van der Waals surface area contributed by atoms with Gasteiger partial charge < -0.3 is 9.64 Å². The summed E-state index contributed by atoms with van der Waals surface area (Å²) in [7, 11) is -3.49. The van der Waals surface area contributed by atoms with E-state index in [2.05, 4.69) is 0 Å². The molecule has 1 aliphatic rings. The summed E-state index contributed by atoms with van der Waals surface area (Å²) >= 11 is 0. The Kier molecular flexibility index (Phi) is 4.84. The third kappa shape index (κ3) is 5.36. The molecule has 1 saturated heterocycles. The summed E-state index contributed by atoms with van der Waals surface area (Å²) in [6.07, 6.45) is 2.12. The molecular formula is C12H23NO5S. The van der Waals surface area contributed by atoms with Crippen molar-refractivity contribution >= 4 is 16.2 Å². The molecule has 1 heterocycles. The average molecular weight is 293 g/mol. The van der Waals surface area contributed by atoms with Crippen LogP contribution < -0.4 is 0 Å². The van der Waals surface area contributed by atoms with Gasteiger partial charge in [-0.1, -0.05) is 0 Å². The van der Waals surface area contributed by atoms with Crippen molar-refractivity contribution in [2.75, 3.05) is 12.9 Å². The molecule has 0 radical (unpaired) electrons. The summed E-state index contributed by atoms with van der Waals surface area (Å²) in [6, 6.07) is -0.220. The molecule has 1 amide bonds. The second kappa shape index (κ2) is 5.66. The largest absolute Gasteiger partial charge is 0.444 e. The van der Waals surface area contributed by atoms with Crippen LogP contribution in [0.5, 0.6) is 0 Å². The normalized spacial score (nSPS) is 24.6. The Morgan fingerprint density at radius 3 is 2.37 bits per heavy atom. The molecule has 1 fully saturated rings. The fraction of sp³-hybridized carbons (Fsp3) is 0.917. The summed E-state index contributed by atoms with van der Waals surface area (Å²) in [6.45, 7) is 7.31. The number of carbonyl (C=O) groups excluding carboxylic acids is 1. The molecule has 0 aromatic carbocycles. The molecule has 1 aliphatic heterocycles. The van der Waals surface area contributed by atoms with Gasteiger partial charge in [0.25, 0.3) is 10.1 Å². The maximum atomic E-state index is 12.1. The molecule has 0 aromatic rings. The number of hydrogen-bond donors (Lipinski definition) is 0. The predicted molar refractivity (Wildman–Crippen MR) is 71.4 cm³/mol. The lowest BCUT2D eigenvalue weighted by atomic mass is 10.2. The van der Waals surface area contributed by atoms with Crippen molar-refractivity contribution in [3.63, 3.8) is 0 Å². The molecule has 0 aromatic heterocycles. The Morgan fingerprint density at radius 2 is 1.89 bits per heavy atom. The van der Waals surface area contributed by atoms with Crippen LogP contribution in [0, 0.1) is 0 Å². The minimum atomic E-state index is -3.49. The molecule has 6 nitrogen and oxygen atoms in total. The third-order valence-corrected chi connectivity index (χ3v) is 3.43. The zero-order valence-corrected chi connectivity index (χ0v) is 13.0. The predicted octanol–water partition coefficient (Wildman–Crippen LogP) is 1.75. The first-order chi connectivity index (χ1) is 8.49. The lowest BCUT2D eigenvalue weighted by molar-refractivity contribution is 0.0120. The highest BCUT2D eigenvalue weighted by atomic mass is 32.2. The van der Waals surface area contributed by atoms with E-state index >= 15 is 0 Å². The number of amides is 1. The first-order valence-electron chi connectivity index (χ1n) is 6.35. The van der Waals surface area contributed by atoms with E-state index in [1.807, 2.05) is 6.92 Å². The van der Waals surface area contributed by atoms with E-state index in [-0.39, 0.29) is 18.7 Å². The maximum Gasteiger partial charge on any atom is 0.410 e. The number of nitrogens with zero attached hydrogens (tertiary/aromatic N) is 1. The third-order valence-electron chi connectivity index (χ3n) is 2.86. The van der Waals surface area contributed by atoms with Gasteiger partial charge in [0, 0.05) is 6.04 Å². The van der Waals surface area contributed by atoms with Gasteiger partial charge in [-0.15, -0.1) is 0 Å². The van der Waals surface area contributed by atoms with Gasteiger partial charge in [0.1, 0.15) is 5.60 Å². The van der Waals surface area contributed by atoms with Gasteiger partial charge in [0.15, 0.2) is 0 Å². The van der Waals surface area contributed by atoms with Crippen LogP contribution in [-0.2, 0) is 19.0 Å². The number of hydrogen-bond acceptors (Lipinski definition) is 5. The van der Waals surface area contributed by atoms with Crippen LogP contribution in [0.1, 0.15) is 40.5 Å². The average Bonchev–Trinajstić information content (AvgIpc) is 2.52. The van der Waals surface area contributed by atoms with E-state index in [0.717, 1.165) is 19.1 Å². The van der Waals surface area contributed by atoms with Gasteiger partial charge in [-0.2, -0.15) is 8.42 Å². The summed E-state index contributed by atoms with van der Waals surface area (Å²) in [5, 5.41) is 0. The van der Waals surface area contributed by atoms with E-state index in [1.165, 1.54) is 0 Å². The Labute approximate surface area is 115 Å².